The van der Waals surface area contributed by atoms with Crippen molar-refractivity contribution in [2.45, 2.75) is 38.7 Å². The van der Waals surface area contributed by atoms with Gasteiger partial charge in [0.2, 0.25) is 0 Å². The molecular formula is C13H16FN3O5P+. The molecule has 0 aliphatic carbocycles. The molecule has 1 fully saturated rings. The number of ether oxygens (including phenoxy) is 1. The van der Waals surface area contributed by atoms with E-state index >= 15 is 0 Å². The van der Waals surface area contributed by atoms with Crippen molar-refractivity contribution in [3.8, 4) is 0 Å². The van der Waals surface area contributed by atoms with Gasteiger partial charge in [-0.25, -0.2) is 9.37 Å². The van der Waals surface area contributed by atoms with E-state index in [1.807, 2.05) is 13.8 Å². The third kappa shape index (κ3) is 2.70. The molecule has 8 nitrogen and oxygen atoms in total. The van der Waals surface area contributed by atoms with E-state index < -0.39 is 32.0 Å². The van der Waals surface area contributed by atoms with Crippen LogP contribution in [-0.2, 0) is 13.8 Å². The zero-order chi connectivity index (χ0) is 16.7. The summed E-state index contributed by atoms with van der Waals surface area (Å²) in [6.45, 7) is 3.75. The second kappa shape index (κ2) is 6.09. The van der Waals surface area contributed by atoms with E-state index in [4.69, 9.17) is 14.2 Å². The van der Waals surface area contributed by atoms with Gasteiger partial charge in [0.05, 0.1) is 12.4 Å². The van der Waals surface area contributed by atoms with Gasteiger partial charge >= 0.3 is 8.25 Å². The second-order valence-corrected chi connectivity index (χ2v) is 6.14. The first kappa shape index (κ1) is 16.2. The van der Waals surface area contributed by atoms with E-state index in [0.717, 1.165) is 6.20 Å². The fourth-order valence-corrected chi connectivity index (χ4v) is 3.54. The van der Waals surface area contributed by atoms with Crippen LogP contribution in [0.3, 0.4) is 0 Å². The third-order valence-electron chi connectivity index (χ3n) is 4.16. The highest BCUT2D eigenvalue weighted by molar-refractivity contribution is 7.32. The van der Waals surface area contributed by atoms with Crippen LogP contribution >= 0.6 is 8.25 Å². The Balaban J connectivity index is 2.10. The Hall–Kier alpha value is -1.67. The molecule has 2 aromatic heterocycles. The molecule has 1 unspecified atom stereocenters. The minimum Gasteiger partial charge on any atom is -0.351 e. The van der Waals surface area contributed by atoms with Crippen molar-refractivity contribution in [1.29, 1.82) is 0 Å². The Bertz CT molecular complexity index is 806. The van der Waals surface area contributed by atoms with Crippen molar-refractivity contribution < 1.29 is 23.1 Å². The zero-order valence-corrected chi connectivity index (χ0v) is 13.4. The van der Waals surface area contributed by atoms with Crippen molar-refractivity contribution in [2.24, 2.45) is 5.92 Å². The summed E-state index contributed by atoms with van der Waals surface area (Å²) in [6, 6.07) is 0. The Morgan fingerprint density at radius 2 is 2.35 bits per heavy atom. The lowest BCUT2D eigenvalue weighted by Crippen LogP contribution is -2.26. The largest absolute Gasteiger partial charge is 0.695 e. The van der Waals surface area contributed by atoms with Gasteiger partial charge in [0.1, 0.15) is 5.39 Å². The SMILES string of the molecule is CC[C@H]1O[C@@H](n2cc(F)c3c(=O)[nH]cnc32)[C@H](O[P+](=O)O)[C@@H]1C. The normalized spacial score (nSPS) is 28.4. The third-order valence-corrected chi connectivity index (χ3v) is 4.58. The van der Waals surface area contributed by atoms with Gasteiger partial charge in [-0.05, 0) is 6.42 Å². The van der Waals surface area contributed by atoms with Crippen molar-refractivity contribution in [1.82, 2.24) is 14.5 Å². The molecule has 3 rings (SSSR count). The lowest BCUT2D eigenvalue weighted by molar-refractivity contribution is -0.0296. The first-order valence-corrected chi connectivity index (χ1v) is 8.29. The molecule has 0 saturated carbocycles. The standard InChI is InChI=1S/C13H15FN3O5P/c1-3-8-6(2)10(22-23(19)20)13(21-8)17-4-7(14)9-11(17)15-5-16-12(9)18/h4-6,8,10,13H,3H2,1-2H3,(H-,15,16,18,19,20)/p+1/t6-,8-,10-,13-/m1/s1. The summed E-state index contributed by atoms with van der Waals surface area (Å²) < 4.78 is 37.5. The van der Waals surface area contributed by atoms with Crippen LogP contribution in [0.2, 0.25) is 0 Å². The highest BCUT2D eigenvalue weighted by Crippen LogP contribution is 2.42. The minimum absolute atomic E-state index is 0.0990. The lowest BCUT2D eigenvalue weighted by atomic mass is 9.99. The van der Waals surface area contributed by atoms with Crippen LogP contribution in [0.1, 0.15) is 26.5 Å². The number of H-pyrrole nitrogens is 1. The molecule has 1 aliphatic heterocycles. The first-order valence-electron chi connectivity index (χ1n) is 7.16. The number of nitrogens with zero attached hydrogens (tertiary/aromatic N) is 2. The Kier molecular flexibility index (Phi) is 4.29. The van der Waals surface area contributed by atoms with E-state index in [2.05, 4.69) is 9.97 Å². The van der Waals surface area contributed by atoms with Crippen molar-refractivity contribution in [3.63, 3.8) is 0 Å². The van der Waals surface area contributed by atoms with Crippen LogP contribution in [0.4, 0.5) is 4.39 Å². The summed E-state index contributed by atoms with van der Waals surface area (Å²) in [4.78, 5) is 27.2. The van der Waals surface area contributed by atoms with Gasteiger partial charge in [0.25, 0.3) is 5.56 Å². The molecule has 3 heterocycles. The number of hydrogen-bond acceptors (Lipinski definition) is 5. The number of rotatable bonds is 4. The Labute approximate surface area is 131 Å². The molecule has 1 aliphatic rings. The monoisotopic (exact) mass is 344 g/mol. The summed E-state index contributed by atoms with van der Waals surface area (Å²) in [5, 5.41) is -0.184. The van der Waals surface area contributed by atoms with Crippen LogP contribution in [0, 0.1) is 11.7 Å². The van der Waals surface area contributed by atoms with Crippen molar-refractivity contribution in [3.05, 3.63) is 28.7 Å². The van der Waals surface area contributed by atoms with Gasteiger partial charge < -0.3 is 14.3 Å². The summed E-state index contributed by atoms with van der Waals surface area (Å²) in [7, 11) is -2.85. The number of fused-ring (bicyclic) bond motifs is 1. The van der Waals surface area contributed by atoms with Gasteiger partial charge in [-0.1, -0.05) is 13.8 Å². The topological polar surface area (TPSA) is 106 Å². The molecule has 5 atom stereocenters. The average Bonchev–Trinajstić information content (AvgIpc) is 2.98. The molecule has 1 saturated heterocycles. The van der Waals surface area contributed by atoms with Crippen molar-refractivity contribution in [2.75, 3.05) is 0 Å². The Morgan fingerprint density at radius 1 is 1.61 bits per heavy atom. The Morgan fingerprint density at radius 3 is 3.00 bits per heavy atom. The maximum Gasteiger partial charge on any atom is 0.695 e. The van der Waals surface area contributed by atoms with Crippen LogP contribution in [-0.4, -0.2) is 31.6 Å². The fraction of sp³-hybridized carbons (Fsp3) is 0.538. The molecule has 0 radical (unpaired) electrons. The molecule has 0 bridgehead atoms. The highest BCUT2D eigenvalue weighted by Gasteiger charge is 2.48. The highest BCUT2D eigenvalue weighted by atomic mass is 31.1. The maximum absolute atomic E-state index is 14.1. The lowest BCUT2D eigenvalue weighted by Gasteiger charge is -2.17. The molecular weight excluding hydrogens is 328 g/mol. The second-order valence-electron chi connectivity index (χ2n) is 5.45. The van der Waals surface area contributed by atoms with E-state index in [1.165, 1.54) is 10.9 Å². The number of nitrogens with one attached hydrogen (secondary N) is 1. The van der Waals surface area contributed by atoms with Crippen LogP contribution < -0.4 is 5.56 Å². The first-order chi connectivity index (χ1) is 10.9. The molecule has 10 heteroatoms. The number of aromatic amines is 1. The summed E-state index contributed by atoms with van der Waals surface area (Å²) in [5.74, 6) is -0.920. The van der Waals surface area contributed by atoms with E-state index in [9.17, 15) is 13.8 Å². The summed E-state index contributed by atoms with van der Waals surface area (Å²) in [5.41, 5.74) is -0.503. The van der Waals surface area contributed by atoms with Gasteiger partial charge in [0.15, 0.2) is 23.8 Å². The van der Waals surface area contributed by atoms with E-state index in [1.54, 1.807) is 0 Å². The molecule has 0 aromatic carbocycles. The van der Waals surface area contributed by atoms with E-state index in [-0.39, 0.29) is 23.1 Å². The molecule has 23 heavy (non-hydrogen) atoms. The minimum atomic E-state index is -2.85. The molecule has 2 aromatic rings. The fourth-order valence-electron chi connectivity index (χ4n) is 3.04. The average molecular weight is 344 g/mol. The van der Waals surface area contributed by atoms with Gasteiger partial charge in [-0.15, -0.1) is 9.42 Å². The summed E-state index contributed by atoms with van der Waals surface area (Å²) in [6.07, 6.45) is 1.10. The smallest absolute Gasteiger partial charge is 0.351 e. The molecule has 124 valence electrons. The number of aromatic nitrogens is 3. The van der Waals surface area contributed by atoms with Crippen molar-refractivity contribution >= 4 is 19.3 Å². The van der Waals surface area contributed by atoms with Crippen LogP contribution in [0.25, 0.3) is 11.0 Å². The van der Waals surface area contributed by atoms with Gasteiger partial charge in [-0.2, -0.15) is 0 Å². The quantitative estimate of drug-likeness (QED) is 0.820. The predicted molar refractivity (Wildman–Crippen MR) is 78.4 cm³/mol. The molecule has 0 spiro atoms. The summed E-state index contributed by atoms with van der Waals surface area (Å²) >= 11 is 0. The number of hydrogen-bond donors (Lipinski definition) is 2. The number of halogens is 1. The van der Waals surface area contributed by atoms with Gasteiger partial charge in [-0.3, -0.25) is 4.79 Å². The van der Waals surface area contributed by atoms with Crippen LogP contribution in [0.5, 0.6) is 0 Å². The molecule has 2 N–H and O–H groups in total. The zero-order valence-electron chi connectivity index (χ0n) is 12.5. The predicted octanol–water partition coefficient (Wildman–Crippen LogP) is 1.84. The maximum atomic E-state index is 14.1. The molecule has 0 amide bonds. The van der Waals surface area contributed by atoms with Gasteiger partial charge in [0, 0.05) is 16.7 Å². The van der Waals surface area contributed by atoms with Crippen LogP contribution in [0.15, 0.2) is 17.3 Å². The van der Waals surface area contributed by atoms with E-state index in [0.29, 0.717) is 6.42 Å².